The summed E-state index contributed by atoms with van der Waals surface area (Å²) in [5.41, 5.74) is 0.483. The maximum atomic E-state index is 13.0. The number of ether oxygens (including phenoxy) is 1. The Morgan fingerprint density at radius 1 is 1.20 bits per heavy atom. The van der Waals surface area contributed by atoms with Crippen molar-refractivity contribution in [2.75, 3.05) is 13.6 Å². The van der Waals surface area contributed by atoms with Crippen LogP contribution < -0.4 is 10.1 Å². The lowest BCUT2D eigenvalue weighted by Gasteiger charge is -2.31. The molecule has 5 nitrogen and oxygen atoms in total. The van der Waals surface area contributed by atoms with Gasteiger partial charge < -0.3 is 15.0 Å². The Labute approximate surface area is 150 Å². The number of nitrogens with zero attached hydrogens (tertiary/aromatic N) is 1. The summed E-state index contributed by atoms with van der Waals surface area (Å²) in [5.74, 6) is 0.233. The molecule has 0 aliphatic carbocycles. The number of fused-ring (bicyclic) bond motifs is 1. The smallest absolute Gasteiger partial charge is 0.258 e. The minimum absolute atomic E-state index is 0.00408. The van der Waals surface area contributed by atoms with Gasteiger partial charge in [0, 0.05) is 20.0 Å². The van der Waals surface area contributed by atoms with Gasteiger partial charge in [-0.15, -0.1) is 0 Å². The average Bonchev–Trinajstić information content (AvgIpc) is 2.56. The van der Waals surface area contributed by atoms with Crippen molar-refractivity contribution in [2.45, 2.75) is 45.8 Å². The first kappa shape index (κ1) is 19.0. The highest BCUT2D eigenvalue weighted by atomic mass is 16.5. The van der Waals surface area contributed by atoms with Crippen molar-refractivity contribution in [2.24, 2.45) is 5.92 Å². The van der Waals surface area contributed by atoms with E-state index < -0.39 is 6.04 Å². The van der Waals surface area contributed by atoms with Gasteiger partial charge >= 0.3 is 0 Å². The van der Waals surface area contributed by atoms with Crippen molar-refractivity contribution in [3.05, 3.63) is 42.0 Å². The van der Waals surface area contributed by atoms with Crippen LogP contribution in [0.3, 0.4) is 0 Å². The summed E-state index contributed by atoms with van der Waals surface area (Å²) in [4.78, 5) is 27.1. The van der Waals surface area contributed by atoms with Crippen molar-refractivity contribution >= 4 is 11.8 Å². The van der Waals surface area contributed by atoms with E-state index in [0.29, 0.717) is 17.9 Å². The Balaban J connectivity index is 2.39. The molecule has 2 atom stereocenters. The van der Waals surface area contributed by atoms with Gasteiger partial charge in [-0.25, -0.2) is 0 Å². The van der Waals surface area contributed by atoms with Crippen LogP contribution in [-0.4, -0.2) is 42.5 Å². The van der Waals surface area contributed by atoms with Crippen LogP contribution in [0.25, 0.3) is 0 Å². The largest absolute Gasteiger partial charge is 0.490 e. The van der Waals surface area contributed by atoms with Crippen molar-refractivity contribution in [3.8, 4) is 5.75 Å². The van der Waals surface area contributed by atoms with E-state index >= 15 is 0 Å². The van der Waals surface area contributed by atoms with Gasteiger partial charge in [-0.05, 0) is 31.4 Å². The quantitative estimate of drug-likeness (QED) is 0.797. The standard InChI is InChI=1S/C20H28N2O3/c1-14(2)18-19(23)21-13-9-5-6-10-15(3)25-17-12-8-7-11-16(17)20(24)22(18)4/h5-8,11-12,14-15,18H,9-10,13H2,1-4H3,(H,21,23)/b6-5+/t15-,18-/m0/s1. The number of hydrogen-bond donors (Lipinski definition) is 1. The molecule has 1 aromatic rings. The minimum atomic E-state index is -0.523. The molecule has 5 heteroatoms. The molecule has 2 amide bonds. The normalized spacial score (nSPS) is 24.1. The molecule has 0 bridgehead atoms. The second-order valence-electron chi connectivity index (χ2n) is 6.82. The highest BCUT2D eigenvalue weighted by molar-refractivity contribution is 5.99. The highest BCUT2D eigenvalue weighted by Crippen LogP contribution is 2.24. The number of para-hydroxylation sites is 1. The maximum Gasteiger partial charge on any atom is 0.258 e. The molecule has 1 aromatic carbocycles. The first-order chi connectivity index (χ1) is 11.9. The zero-order valence-electron chi connectivity index (χ0n) is 15.5. The van der Waals surface area contributed by atoms with Gasteiger partial charge in [0.15, 0.2) is 0 Å². The van der Waals surface area contributed by atoms with E-state index in [-0.39, 0.29) is 23.8 Å². The van der Waals surface area contributed by atoms with E-state index in [9.17, 15) is 9.59 Å². The van der Waals surface area contributed by atoms with Crippen LogP contribution in [0.1, 0.15) is 44.0 Å². The van der Waals surface area contributed by atoms with Crippen LogP contribution in [0.15, 0.2) is 36.4 Å². The molecule has 25 heavy (non-hydrogen) atoms. The number of carbonyl (C=O) groups excluding carboxylic acids is 2. The van der Waals surface area contributed by atoms with Crippen LogP contribution in [-0.2, 0) is 4.79 Å². The molecule has 0 aromatic heterocycles. The molecular formula is C20H28N2O3. The van der Waals surface area contributed by atoms with Gasteiger partial charge in [-0.1, -0.05) is 38.1 Å². The van der Waals surface area contributed by atoms with Crippen LogP contribution in [0, 0.1) is 5.92 Å². The predicted octanol–water partition coefficient (Wildman–Crippen LogP) is 3.02. The van der Waals surface area contributed by atoms with Gasteiger partial charge in [-0.3, -0.25) is 9.59 Å². The molecule has 0 unspecified atom stereocenters. The summed E-state index contributed by atoms with van der Waals surface area (Å²) in [7, 11) is 1.68. The molecule has 0 fully saturated rings. The van der Waals surface area contributed by atoms with E-state index in [0.717, 1.165) is 12.8 Å². The summed E-state index contributed by atoms with van der Waals surface area (Å²) in [6.07, 6.45) is 5.59. The van der Waals surface area contributed by atoms with E-state index in [2.05, 4.69) is 17.5 Å². The Kier molecular flexibility index (Phi) is 6.62. The number of amides is 2. The molecule has 1 heterocycles. The number of rotatable bonds is 1. The molecule has 1 aliphatic heterocycles. The number of nitrogens with one attached hydrogen (secondary N) is 1. The fraction of sp³-hybridized carbons (Fsp3) is 0.500. The first-order valence-electron chi connectivity index (χ1n) is 8.87. The lowest BCUT2D eigenvalue weighted by Crippen LogP contribution is -2.50. The Hall–Kier alpha value is -2.30. The zero-order chi connectivity index (χ0) is 18.4. The minimum Gasteiger partial charge on any atom is -0.490 e. The number of hydrogen-bond acceptors (Lipinski definition) is 3. The lowest BCUT2D eigenvalue weighted by atomic mass is 10.0. The lowest BCUT2D eigenvalue weighted by molar-refractivity contribution is -0.126. The van der Waals surface area contributed by atoms with E-state index in [1.54, 1.807) is 19.2 Å². The number of likely N-dealkylation sites (N-methyl/N-ethyl adjacent to an activating group) is 1. The average molecular weight is 344 g/mol. The van der Waals surface area contributed by atoms with Gasteiger partial charge in [0.25, 0.3) is 5.91 Å². The number of benzene rings is 1. The molecule has 136 valence electrons. The Morgan fingerprint density at radius 2 is 1.92 bits per heavy atom. The van der Waals surface area contributed by atoms with Crippen molar-refractivity contribution in [1.29, 1.82) is 0 Å². The fourth-order valence-corrected chi connectivity index (χ4v) is 3.04. The number of carbonyl (C=O) groups is 2. The molecule has 1 aliphatic rings. The van der Waals surface area contributed by atoms with E-state index in [4.69, 9.17) is 4.74 Å². The Bertz CT molecular complexity index is 640. The molecule has 1 N–H and O–H groups in total. The Morgan fingerprint density at radius 3 is 2.64 bits per heavy atom. The zero-order valence-corrected chi connectivity index (χ0v) is 15.5. The third kappa shape index (κ3) is 4.84. The highest BCUT2D eigenvalue weighted by Gasteiger charge is 2.31. The molecule has 0 saturated carbocycles. The third-order valence-electron chi connectivity index (χ3n) is 4.33. The fourth-order valence-electron chi connectivity index (χ4n) is 3.04. The molecule has 0 spiro atoms. The van der Waals surface area contributed by atoms with Gasteiger partial charge in [0.2, 0.25) is 5.91 Å². The first-order valence-corrected chi connectivity index (χ1v) is 8.87. The summed E-state index contributed by atoms with van der Waals surface area (Å²) in [6.45, 7) is 6.44. The molecule has 0 radical (unpaired) electrons. The van der Waals surface area contributed by atoms with E-state index in [1.165, 1.54) is 4.90 Å². The topological polar surface area (TPSA) is 58.6 Å². The summed E-state index contributed by atoms with van der Waals surface area (Å²) >= 11 is 0. The van der Waals surface area contributed by atoms with Crippen LogP contribution in [0.4, 0.5) is 0 Å². The second kappa shape index (κ2) is 8.70. The van der Waals surface area contributed by atoms with Gasteiger partial charge in [-0.2, -0.15) is 0 Å². The van der Waals surface area contributed by atoms with Gasteiger partial charge in [0.1, 0.15) is 11.8 Å². The molecular weight excluding hydrogens is 316 g/mol. The van der Waals surface area contributed by atoms with Crippen molar-refractivity contribution in [3.63, 3.8) is 0 Å². The summed E-state index contributed by atoms with van der Waals surface area (Å²) in [6, 6.07) is 6.69. The summed E-state index contributed by atoms with van der Waals surface area (Å²) < 4.78 is 5.98. The summed E-state index contributed by atoms with van der Waals surface area (Å²) in [5, 5.41) is 2.94. The van der Waals surface area contributed by atoms with E-state index in [1.807, 2.05) is 32.9 Å². The molecule has 0 saturated heterocycles. The monoisotopic (exact) mass is 344 g/mol. The molecule has 2 rings (SSSR count). The second-order valence-corrected chi connectivity index (χ2v) is 6.82. The van der Waals surface area contributed by atoms with Crippen LogP contribution in [0.5, 0.6) is 5.75 Å². The van der Waals surface area contributed by atoms with Gasteiger partial charge in [0.05, 0.1) is 11.7 Å². The van der Waals surface area contributed by atoms with Crippen LogP contribution in [0.2, 0.25) is 0 Å². The van der Waals surface area contributed by atoms with Crippen molar-refractivity contribution in [1.82, 2.24) is 10.2 Å². The third-order valence-corrected chi connectivity index (χ3v) is 4.33. The SMILES string of the molecule is CC(C)[C@H]1C(=O)NCC/C=C/C[C@H](C)Oc2ccccc2C(=O)N1C. The van der Waals surface area contributed by atoms with Crippen LogP contribution >= 0.6 is 0 Å². The predicted molar refractivity (Wildman–Crippen MR) is 98.6 cm³/mol. The maximum absolute atomic E-state index is 13.0. The van der Waals surface area contributed by atoms with Crippen molar-refractivity contribution < 1.29 is 14.3 Å².